The summed E-state index contributed by atoms with van der Waals surface area (Å²) in [6.45, 7) is 3.73. The molecule has 100 valence electrons. The lowest BCUT2D eigenvalue weighted by molar-refractivity contribution is -0.119. The number of benzene rings is 1. The fraction of sp³-hybridized carbons (Fsp3) is 0.462. The van der Waals surface area contributed by atoms with Gasteiger partial charge in [-0.1, -0.05) is 11.6 Å². The fourth-order valence-electron chi connectivity index (χ4n) is 1.48. The van der Waals surface area contributed by atoms with Gasteiger partial charge in [0.05, 0.1) is 6.54 Å². The number of amides is 1. The molecule has 1 aromatic rings. The highest BCUT2D eigenvalue weighted by Crippen LogP contribution is 2.19. The van der Waals surface area contributed by atoms with Crippen molar-refractivity contribution in [2.75, 3.05) is 39.0 Å². The highest BCUT2D eigenvalue weighted by Gasteiger charge is 2.03. The van der Waals surface area contributed by atoms with Gasteiger partial charge in [-0.15, -0.1) is 0 Å². The van der Waals surface area contributed by atoms with Crippen LogP contribution >= 0.6 is 11.6 Å². The van der Waals surface area contributed by atoms with Crippen molar-refractivity contribution in [3.8, 4) is 0 Å². The molecule has 0 heterocycles. The van der Waals surface area contributed by atoms with Crippen LogP contribution < -0.4 is 10.6 Å². The molecular weight excluding hydrogens is 250 g/mol. The number of carbonyl (C=O) groups excluding carboxylic acids is 1. The van der Waals surface area contributed by atoms with E-state index in [0.717, 1.165) is 17.8 Å². The molecule has 0 aromatic heterocycles. The SMILES string of the molecule is Cc1cc(Cl)ccc1NCC(=O)NCCN(C)C. The first-order valence-corrected chi connectivity index (χ1v) is 6.28. The van der Waals surface area contributed by atoms with Crippen LogP contribution in [0.15, 0.2) is 18.2 Å². The van der Waals surface area contributed by atoms with Gasteiger partial charge in [0.1, 0.15) is 0 Å². The molecule has 0 saturated carbocycles. The van der Waals surface area contributed by atoms with Gasteiger partial charge in [-0.05, 0) is 44.8 Å². The Morgan fingerprint density at radius 2 is 2.11 bits per heavy atom. The van der Waals surface area contributed by atoms with Crippen LogP contribution in [0.5, 0.6) is 0 Å². The summed E-state index contributed by atoms with van der Waals surface area (Å²) in [6, 6.07) is 5.56. The Labute approximate surface area is 113 Å². The van der Waals surface area contributed by atoms with Crippen molar-refractivity contribution in [2.24, 2.45) is 0 Å². The number of likely N-dealkylation sites (N-methyl/N-ethyl adjacent to an activating group) is 1. The number of nitrogens with zero attached hydrogens (tertiary/aromatic N) is 1. The number of anilines is 1. The van der Waals surface area contributed by atoms with Gasteiger partial charge in [0.15, 0.2) is 0 Å². The second-order valence-electron chi connectivity index (χ2n) is 4.47. The van der Waals surface area contributed by atoms with E-state index in [2.05, 4.69) is 10.6 Å². The number of hydrogen-bond acceptors (Lipinski definition) is 3. The molecule has 2 N–H and O–H groups in total. The summed E-state index contributed by atoms with van der Waals surface area (Å²) in [5.74, 6) is -0.00815. The number of rotatable bonds is 6. The third-order valence-electron chi connectivity index (χ3n) is 2.51. The molecule has 0 bridgehead atoms. The lowest BCUT2D eigenvalue weighted by Gasteiger charge is -2.12. The predicted molar refractivity (Wildman–Crippen MR) is 76.2 cm³/mol. The highest BCUT2D eigenvalue weighted by molar-refractivity contribution is 6.30. The lowest BCUT2D eigenvalue weighted by Crippen LogP contribution is -2.35. The largest absolute Gasteiger partial charge is 0.376 e. The summed E-state index contributed by atoms with van der Waals surface area (Å²) in [7, 11) is 3.95. The van der Waals surface area contributed by atoms with Crippen molar-refractivity contribution in [3.63, 3.8) is 0 Å². The van der Waals surface area contributed by atoms with Gasteiger partial charge in [0.2, 0.25) is 5.91 Å². The number of aryl methyl sites for hydroxylation is 1. The zero-order chi connectivity index (χ0) is 13.5. The second-order valence-corrected chi connectivity index (χ2v) is 4.90. The molecule has 0 unspecified atom stereocenters. The van der Waals surface area contributed by atoms with Crippen LogP contribution in [0.25, 0.3) is 0 Å². The first-order valence-electron chi connectivity index (χ1n) is 5.90. The third kappa shape index (κ3) is 5.38. The van der Waals surface area contributed by atoms with Gasteiger partial charge in [-0.3, -0.25) is 4.79 Å². The zero-order valence-corrected chi connectivity index (χ0v) is 11.8. The maximum Gasteiger partial charge on any atom is 0.239 e. The molecule has 18 heavy (non-hydrogen) atoms. The molecular formula is C13H20ClN3O. The highest BCUT2D eigenvalue weighted by atomic mass is 35.5. The maximum atomic E-state index is 11.6. The molecule has 0 radical (unpaired) electrons. The summed E-state index contributed by atoms with van der Waals surface area (Å²) < 4.78 is 0. The van der Waals surface area contributed by atoms with Crippen molar-refractivity contribution >= 4 is 23.2 Å². The van der Waals surface area contributed by atoms with Gasteiger partial charge in [0.25, 0.3) is 0 Å². The Morgan fingerprint density at radius 1 is 1.39 bits per heavy atom. The molecule has 0 atom stereocenters. The first kappa shape index (κ1) is 14.8. The van der Waals surface area contributed by atoms with Gasteiger partial charge < -0.3 is 15.5 Å². The molecule has 5 heteroatoms. The van der Waals surface area contributed by atoms with Gasteiger partial charge >= 0.3 is 0 Å². The van der Waals surface area contributed by atoms with E-state index < -0.39 is 0 Å². The van der Waals surface area contributed by atoms with Gasteiger partial charge in [-0.2, -0.15) is 0 Å². The summed E-state index contributed by atoms with van der Waals surface area (Å²) in [5, 5.41) is 6.64. The molecule has 1 amide bonds. The van der Waals surface area contributed by atoms with E-state index in [1.807, 2.05) is 38.1 Å². The number of halogens is 1. The molecule has 0 aliphatic carbocycles. The summed E-state index contributed by atoms with van der Waals surface area (Å²) in [5.41, 5.74) is 1.96. The average molecular weight is 270 g/mol. The van der Waals surface area contributed by atoms with Crippen molar-refractivity contribution in [3.05, 3.63) is 28.8 Å². The molecule has 0 fully saturated rings. The van der Waals surface area contributed by atoms with Crippen molar-refractivity contribution in [1.29, 1.82) is 0 Å². The van der Waals surface area contributed by atoms with Crippen LogP contribution in [0.3, 0.4) is 0 Å². The van der Waals surface area contributed by atoms with Crippen LogP contribution in [0.1, 0.15) is 5.56 Å². The summed E-state index contributed by atoms with van der Waals surface area (Å²) in [6.07, 6.45) is 0. The molecule has 0 saturated heterocycles. The van der Waals surface area contributed by atoms with Crippen LogP contribution in [-0.2, 0) is 4.79 Å². The van der Waals surface area contributed by atoms with Crippen LogP contribution in [0.2, 0.25) is 5.02 Å². The van der Waals surface area contributed by atoms with Crippen molar-refractivity contribution in [1.82, 2.24) is 10.2 Å². The van der Waals surface area contributed by atoms with E-state index in [1.54, 1.807) is 6.07 Å². The number of nitrogens with one attached hydrogen (secondary N) is 2. The molecule has 0 spiro atoms. The van der Waals surface area contributed by atoms with Crippen molar-refractivity contribution < 1.29 is 4.79 Å². The lowest BCUT2D eigenvalue weighted by atomic mass is 10.2. The number of carbonyl (C=O) groups is 1. The monoisotopic (exact) mass is 269 g/mol. The second kappa shape index (κ2) is 7.24. The standard InChI is InChI=1S/C13H20ClN3O/c1-10-8-11(14)4-5-12(10)16-9-13(18)15-6-7-17(2)3/h4-5,8,16H,6-7,9H2,1-3H3,(H,15,18). The molecule has 0 aliphatic rings. The molecule has 1 rings (SSSR count). The Morgan fingerprint density at radius 3 is 2.72 bits per heavy atom. The van der Waals surface area contributed by atoms with Crippen LogP contribution in [-0.4, -0.2) is 44.5 Å². The normalized spacial score (nSPS) is 10.5. The minimum absolute atomic E-state index is 0.00815. The molecule has 4 nitrogen and oxygen atoms in total. The van der Waals surface area contributed by atoms with Crippen LogP contribution in [0.4, 0.5) is 5.69 Å². The predicted octanol–water partition coefficient (Wildman–Crippen LogP) is 1.74. The fourth-order valence-corrected chi connectivity index (χ4v) is 1.71. The Kier molecular flexibility index (Phi) is 5.95. The van der Waals surface area contributed by atoms with E-state index in [9.17, 15) is 4.79 Å². The zero-order valence-electron chi connectivity index (χ0n) is 11.1. The van der Waals surface area contributed by atoms with Gasteiger partial charge in [0, 0.05) is 23.8 Å². The smallest absolute Gasteiger partial charge is 0.239 e. The Balaban J connectivity index is 2.33. The van der Waals surface area contributed by atoms with E-state index in [-0.39, 0.29) is 12.5 Å². The number of hydrogen-bond donors (Lipinski definition) is 2. The molecule has 0 aliphatic heterocycles. The third-order valence-corrected chi connectivity index (χ3v) is 2.74. The van der Waals surface area contributed by atoms with Gasteiger partial charge in [-0.25, -0.2) is 0 Å². The minimum Gasteiger partial charge on any atom is -0.376 e. The summed E-state index contributed by atoms with van der Waals surface area (Å²) >= 11 is 5.87. The summed E-state index contributed by atoms with van der Waals surface area (Å²) in [4.78, 5) is 13.6. The average Bonchev–Trinajstić information content (AvgIpc) is 2.27. The molecule has 1 aromatic carbocycles. The van der Waals surface area contributed by atoms with E-state index in [1.165, 1.54) is 0 Å². The minimum atomic E-state index is -0.00815. The topological polar surface area (TPSA) is 44.4 Å². The van der Waals surface area contributed by atoms with E-state index >= 15 is 0 Å². The van der Waals surface area contributed by atoms with Crippen molar-refractivity contribution in [2.45, 2.75) is 6.92 Å². The van der Waals surface area contributed by atoms with E-state index in [0.29, 0.717) is 11.6 Å². The Hall–Kier alpha value is -1.26. The quantitative estimate of drug-likeness (QED) is 0.827. The maximum absolute atomic E-state index is 11.6. The first-order chi connectivity index (χ1) is 8.49. The van der Waals surface area contributed by atoms with Crippen LogP contribution in [0, 0.1) is 6.92 Å². The Bertz CT molecular complexity index is 407. The van der Waals surface area contributed by atoms with E-state index in [4.69, 9.17) is 11.6 Å².